The number of aromatic nitrogens is 4. The summed E-state index contributed by atoms with van der Waals surface area (Å²) < 4.78 is 18.9. The lowest BCUT2D eigenvalue weighted by Crippen LogP contribution is -2.31. The van der Waals surface area contributed by atoms with Gasteiger partial charge in [0.2, 0.25) is 6.79 Å². The molecule has 0 amide bonds. The van der Waals surface area contributed by atoms with Crippen LogP contribution in [0.1, 0.15) is 5.69 Å². The van der Waals surface area contributed by atoms with Gasteiger partial charge in [-0.1, -0.05) is 0 Å². The number of hydrogen-bond acceptors (Lipinski definition) is 8. The molecule has 12 nitrogen and oxygen atoms in total. The summed E-state index contributed by atoms with van der Waals surface area (Å²) in [6.07, 6.45) is -1.32. The van der Waals surface area contributed by atoms with Crippen molar-refractivity contribution in [3.63, 3.8) is 0 Å². The molecule has 114 valence electrons. The van der Waals surface area contributed by atoms with E-state index in [0.717, 1.165) is 0 Å². The standard InChI is InChI=1S/C8H10N5O7P/c1-3-4-5(11-10-3)7(14)13(12-6(4)9)8(15)19-2-20-21(16,17)18/h2H2,1H3,(H2,9,12)(H,10,11)(H2,16,17,18). The van der Waals surface area contributed by atoms with Gasteiger partial charge in [0.1, 0.15) is 0 Å². The normalized spacial score (nSPS) is 11.8. The first-order valence-electron chi connectivity index (χ1n) is 5.31. The monoisotopic (exact) mass is 319 g/mol. The number of aromatic amines is 1. The van der Waals surface area contributed by atoms with Gasteiger partial charge in [0.15, 0.2) is 11.3 Å². The Hall–Kier alpha value is -2.27. The summed E-state index contributed by atoms with van der Waals surface area (Å²) >= 11 is 0. The largest absolute Gasteiger partial charge is 0.472 e. The van der Waals surface area contributed by atoms with Gasteiger partial charge in [0.05, 0.1) is 5.39 Å². The maximum Gasteiger partial charge on any atom is 0.472 e. The SMILES string of the molecule is Cc1[nH]nc2c(=O)n(C(=O)OCOP(=O)(O)O)nc(N)c12. The van der Waals surface area contributed by atoms with Crippen molar-refractivity contribution < 1.29 is 28.4 Å². The van der Waals surface area contributed by atoms with Gasteiger partial charge in [-0.05, 0) is 6.92 Å². The highest BCUT2D eigenvalue weighted by Crippen LogP contribution is 2.35. The van der Waals surface area contributed by atoms with Crippen LogP contribution in [0.3, 0.4) is 0 Å². The van der Waals surface area contributed by atoms with E-state index in [1.807, 2.05) is 0 Å². The minimum absolute atomic E-state index is 0.118. The molecule has 0 aromatic carbocycles. The maximum atomic E-state index is 12.0. The Bertz CT molecular complexity index is 805. The third kappa shape index (κ3) is 3.08. The van der Waals surface area contributed by atoms with E-state index in [2.05, 4.69) is 24.6 Å². The van der Waals surface area contributed by atoms with E-state index in [4.69, 9.17) is 15.5 Å². The topological polar surface area (TPSA) is 183 Å². The number of phosphoric ester groups is 1. The third-order valence-corrected chi connectivity index (χ3v) is 2.82. The lowest BCUT2D eigenvalue weighted by molar-refractivity contribution is 0.0385. The maximum absolute atomic E-state index is 12.0. The van der Waals surface area contributed by atoms with Gasteiger partial charge in [0, 0.05) is 5.69 Å². The van der Waals surface area contributed by atoms with Gasteiger partial charge in [-0.2, -0.15) is 5.10 Å². The average Bonchev–Trinajstić information content (AvgIpc) is 2.75. The average molecular weight is 319 g/mol. The van der Waals surface area contributed by atoms with Crippen LogP contribution in [-0.4, -0.2) is 42.7 Å². The van der Waals surface area contributed by atoms with Crippen LogP contribution in [0.4, 0.5) is 10.6 Å². The second-order valence-electron chi connectivity index (χ2n) is 3.82. The predicted octanol–water partition coefficient (Wildman–Crippen LogP) is -0.938. The molecule has 0 saturated heterocycles. The first-order valence-corrected chi connectivity index (χ1v) is 6.84. The van der Waals surface area contributed by atoms with Gasteiger partial charge in [-0.3, -0.25) is 9.89 Å². The summed E-state index contributed by atoms with van der Waals surface area (Å²) in [5.41, 5.74) is 5.09. The highest BCUT2D eigenvalue weighted by atomic mass is 31.2. The van der Waals surface area contributed by atoms with Crippen molar-refractivity contribution in [2.24, 2.45) is 0 Å². The van der Waals surface area contributed by atoms with Crippen LogP contribution in [0, 0.1) is 6.92 Å². The summed E-state index contributed by atoms with van der Waals surface area (Å²) in [4.78, 5) is 40.4. The number of nitrogens with one attached hydrogen (secondary N) is 1. The lowest BCUT2D eigenvalue weighted by atomic mass is 10.3. The van der Waals surface area contributed by atoms with Crippen LogP contribution < -0.4 is 11.3 Å². The Morgan fingerprint density at radius 1 is 1.52 bits per heavy atom. The van der Waals surface area contributed by atoms with Crippen LogP contribution >= 0.6 is 7.82 Å². The number of nitrogens with zero attached hydrogens (tertiary/aromatic N) is 3. The van der Waals surface area contributed by atoms with Crippen molar-refractivity contribution in [2.45, 2.75) is 6.92 Å². The Balaban J connectivity index is 2.30. The summed E-state index contributed by atoms with van der Waals surface area (Å²) in [6, 6.07) is 0. The van der Waals surface area contributed by atoms with Crippen molar-refractivity contribution in [3.8, 4) is 0 Å². The number of aryl methyl sites for hydroxylation is 1. The molecule has 0 spiro atoms. The molecule has 0 atom stereocenters. The van der Waals surface area contributed by atoms with Crippen molar-refractivity contribution in [3.05, 3.63) is 16.0 Å². The molecule has 0 fully saturated rings. The number of phosphoric acid groups is 1. The number of carbonyl (C=O) groups is 1. The molecule has 13 heteroatoms. The molecule has 0 unspecified atom stereocenters. The number of H-pyrrole nitrogens is 1. The highest BCUT2D eigenvalue weighted by Gasteiger charge is 2.20. The third-order valence-electron chi connectivity index (χ3n) is 2.38. The summed E-state index contributed by atoms with van der Waals surface area (Å²) in [6.45, 7) is 0.554. The van der Waals surface area contributed by atoms with Gasteiger partial charge in [-0.15, -0.1) is 9.78 Å². The second-order valence-corrected chi connectivity index (χ2v) is 5.06. The number of nitrogens with two attached hydrogens (primary N) is 1. The van der Waals surface area contributed by atoms with Crippen molar-refractivity contribution in [1.82, 2.24) is 20.0 Å². The van der Waals surface area contributed by atoms with Crippen LogP contribution in [0.25, 0.3) is 10.9 Å². The van der Waals surface area contributed by atoms with E-state index in [9.17, 15) is 14.2 Å². The van der Waals surface area contributed by atoms with E-state index in [1.54, 1.807) is 6.92 Å². The molecule has 0 bridgehead atoms. The fourth-order valence-electron chi connectivity index (χ4n) is 1.53. The van der Waals surface area contributed by atoms with E-state index in [0.29, 0.717) is 5.69 Å². The molecule has 2 rings (SSSR count). The number of hydrogen-bond donors (Lipinski definition) is 4. The van der Waals surface area contributed by atoms with E-state index in [1.165, 1.54) is 0 Å². The molecular formula is C8H10N5O7P. The summed E-state index contributed by atoms with van der Waals surface area (Å²) in [7, 11) is -4.80. The fourth-order valence-corrected chi connectivity index (χ4v) is 1.72. The Labute approximate surface area is 115 Å². The zero-order valence-corrected chi connectivity index (χ0v) is 11.4. The predicted molar refractivity (Wildman–Crippen MR) is 67.2 cm³/mol. The molecule has 2 aromatic rings. The number of ether oxygens (including phenoxy) is 1. The van der Waals surface area contributed by atoms with E-state index >= 15 is 0 Å². The number of fused-ring (bicyclic) bond motifs is 1. The molecule has 2 aromatic heterocycles. The minimum Gasteiger partial charge on any atom is -0.420 e. The second kappa shape index (κ2) is 5.26. The molecule has 5 N–H and O–H groups in total. The molecule has 0 aliphatic carbocycles. The van der Waals surface area contributed by atoms with Crippen LogP contribution in [0.5, 0.6) is 0 Å². The summed E-state index contributed by atoms with van der Waals surface area (Å²) in [5, 5.41) is 10.0. The van der Waals surface area contributed by atoms with Crippen LogP contribution in [-0.2, 0) is 13.8 Å². The number of carbonyl (C=O) groups excluding carboxylic acids is 1. The van der Waals surface area contributed by atoms with E-state index < -0.39 is 26.3 Å². The fraction of sp³-hybridized carbons (Fsp3) is 0.250. The first-order chi connectivity index (χ1) is 9.70. The number of anilines is 1. The van der Waals surface area contributed by atoms with Gasteiger partial charge < -0.3 is 20.3 Å². The smallest absolute Gasteiger partial charge is 0.420 e. The quantitative estimate of drug-likeness (QED) is 0.407. The zero-order valence-electron chi connectivity index (χ0n) is 10.5. The van der Waals surface area contributed by atoms with Crippen molar-refractivity contribution in [2.75, 3.05) is 12.5 Å². The molecule has 0 saturated carbocycles. The molecular weight excluding hydrogens is 309 g/mol. The van der Waals surface area contributed by atoms with Gasteiger partial charge in [-0.25, -0.2) is 13.9 Å². The zero-order chi connectivity index (χ0) is 15.8. The number of rotatable bonds is 3. The van der Waals surface area contributed by atoms with Crippen LogP contribution in [0.15, 0.2) is 4.79 Å². The molecule has 2 heterocycles. The molecule has 0 radical (unpaired) electrons. The van der Waals surface area contributed by atoms with Crippen LogP contribution in [0.2, 0.25) is 0 Å². The summed E-state index contributed by atoms with van der Waals surface area (Å²) in [5.74, 6) is -0.135. The molecule has 21 heavy (non-hydrogen) atoms. The minimum atomic E-state index is -4.80. The van der Waals surface area contributed by atoms with Gasteiger partial charge in [0.25, 0.3) is 0 Å². The molecule has 0 aliphatic heterocycles. The van der Waals surface area contributed by atoms with Gasteiger partial charge >= 0.3 is 19.5 Å². The highest BCUT2D eigenvalue weighted by molar-refractivity contribution is 7.46. The van der Waals surface area contributed by atoms with Crippen molar-refractivity contribution >= 4 is 30.6 Å². The Morgan fingerprint density at radius 2 is 2.19 bits per heavy atom. The van der Waals surface area contributed by atoms with Crippen molar-refractivity contribution in [1.29, 1.82) is 0 Å². The lowest BCUT2D eigenvalue weighted by Gasteiger charge is -2.07. The first kappa shape index (κ1) is 15.1. The molecule has 0 aliphatic rings. The Kier molecular flexibility index (Phi) is 3.78. The number of nitrogen functional groups attached to an aromatic ring is 1. The Morgan fingerprint density at radius 3 is 2.81 bits per heavy atom. The van der Waals surface area contributed by atoms with E-state index in [-0.39, 0.29) is 21.4 Å².